The highest BCUT2D eigenvalue weighted by molar-refractivity contribution is 7.17. The molecule has 2 nitrogen and oxygen atoms in total. The highest BCUT2D eigenvalue weighted by atomic mass is 32.1. The molecule has 0 spiro atoms. The maximum atomic E-state index is 12.0. The van der Waals surface area contributed by atoms with E-state index in [0.717, 1.165) is 15.6 Å². The molecule has 2 N–H and O–H groups in total. The number of carbonyl (C=O) groups is 1. The Kier molecular flexibility index (Phi) is 2.84. The van der Waals surface area contributed by atoms with E-state index in [1.54, 1.807) is 11.3 Å². The Morgan fingerprint density at radius 3 is 2.93 bits per heavy atom. The Morgan fingerprint density at radius 2 is 2.20 bits per heavy atom. The molecule has 78 valence electrons. The van der Waals surface area contributed by atoms with Crippen LogP contribution in [0.5, 0.6) is 0 Å². The van der Waals surface area contributed by atoms with Crippen molar-refractivity contribution in [2.24, 2.45) is 11.7 Å². The summed E-state index contributed by atoms with van der Waals surface area (Å²) in [5.41, 5.74) is 6.32. The maximum absolute atomic E-state index is 12.0. The molecule has 0 radical (unpaired) electrons. The van der Waals surface area contributed by atoms with Crippen LogP contribution in [0, 0.1) is 5.92 Å². The van der Waals surface area contributed by atoms with Crippen LogP contribution in [0.2, 0.25) is 0 Å². The van der Waals surface area contributed by atoms with Gasteiger partial charge in [0.05, 0.1) is 0 Å². The number of hydrogen-bond acceptors (Lipinski definition) is 3. The van der Waals surface area contributed by atoms with E-state index < -0.39 is 0 Å². The molecule has 0 aliphatic carbocycles. The number of thiophene rings is 1. The Bertz CT molecular complexity index is 489. The average molecular weight is 219 g/mol. The second-order valence-electron chi connectivity index (χ2n) is 3.65. The standard InChI is InChI=1S/C12H13NOS/c1-8(6-13)12(14)10-7-15-11-5-3-2-4-9(10)11/h2-5,7-8H,6,13H2,1H3. The number of fused-ring (bicyclic) bond motifs is 1. The van der Waals surface area contributed by atoms with Crippen molar-refractivity contribution >= 4 is 27.2 Å². The lowest BCUT2D eigenvalue weighted by atomic mass is 9.99. The number of hydrogen-bond donors (Lipinski definition) is 1. The zero-order chi connectivity index (χ0) is 10.8. The summed E-state index contributed by atoms with van der Waals surface area (Å²) in [4.78, 5) is 12.0. The number of nitrogens with two attached hydrogens (primary N) is 1. The summed E-state index contributed by atoms with van der Waals surface area (Å²) >= 11 is 1.61. The number of rotatable bonds is 3. The predicted octanol–water partition coefficient (Wildman–Crippen LogP) is 2.68. The highest BCUT2D eigenvalue weighted by Crippen LogP contribution is 2.27. The van der Waals surface area contributed by atoms with Gasteiger partial charge in [-0.05, 0) is 6.07 Å². The Labute approximate surface area is 92.7 Å². The number of ketones is 1. The van der Waals surface area contributed by atoms with Crippen molar-refractivity contribution in [1.29, 1.82) is 0 Å². The van der Waals surface area contributed by atoms with Crippen LogP contribution in [0.4, 0.5) is 0 Å². The third-order valence-corrected chi connectivity index (χ3v) is 3.51. The van der Waals surface area contributed by atoms with Gasteiger partial charge in [-0.3, -0.25) is 4.79 Å². The molecule has 1 unspecified atom stereocenters. The first-order chi connectivity index (χ1) is 7.24. The molecule has 15 heavy (non-hydrogen) atoms. The van der Waals surface area contributed by atoms with Gasteiger partial charge >= 0.3 is 0 Å². The molecule has 1 atom stereocenters. The van der Waals surface area contributed by atoms with E-state index in [1.807, 2.05) is 36.6 Å². The van der Waals surface area contributed by atoms with Crippen LogP contribution < -0.4 is 5.73 Å². The van der Waals surface area contributed by atoms with Crippen LogP contribution in [0.15, 0.2) is 29.6 Å². The lowest BCUT2D eigenvalue weighted by Gasteiger charge is -2.05. The van der Waals surface area contributed by atoms with Gasteiger partial charge in [0.2, 0.25) is 0 Å². The normalized spacial score (nSPS) is 12.9. The minimum atomic E-state index is -0.0944. The molecule has 1 aromatic carbocycles. The van der Waals surface area contributed by atoms with E-state index in [2.05, 4.69) is 0 Å². The largest absolute Gasteiger partial charge is 0.330 e. The molecule has 0 amide bonds. The second kappa shape index (κ2) is 4.13. The van der Waals surface area contributed by atoms with E-state index in [-0.39, 0.29) is 11.7 Å². The summed E-state index contributed by atoms with van der Waals surface area (Å²) in [6.45, 7) is 2.28. The number of carbonyl (C=O) groups excluding carboxylic acids is 1. The van der Waals surface area contributed by atoms with E-state index in [9.17, 15) is 4.79 Å². The Balaban J connectivity index is 2.48. The van der Waals surface area contributed by atoms with Gasteiger partial charge in [0.25, 0.3) is 0 Å². The van der Waals surface area contributed by atoms with Crippen molar-refractivity contribution in [3.63, 3.8) is 0 Å². The molecule has 0 fully saturated rings. The lowest BCUT2D eigenvalue weighted by Crippen LogP contribution is -2.20. The van der Waals surface area contributed by atoms with Gasteiger partial charge in [0.1, 0.15) is 0 Å². The van der Waals surface area contributed by atoms with Crippen LogP contribution in [0.1, 0.15) is 17.3 Å². The van der Waals surface area contributed by atoms with Crippen molar-refractivity contribution in [1.82, 2.24) is 0 Å². The van der Waals surface area contributed by atoms with Crippen molar-refractivity contribution < 1.29 is 4.79 Å². The number of benzene rings is 1. The fraction of sp³-hybridized carbons (Fsp3) is 0.250. The third kappa shape index (κ3) is 1.80. The van der Waals surface area contributed by atoms with Crippen LogP contribution >= 0.6 is 11.3 Å². The summed E-state index contributed by atoms with van der Waals surface area (Å²) in [5.74, 6) is 0.0537. The molecular formula is C12H13NOS. The molecule has 0 aliphatic rings. The van der Waals surface area contributed by atoms with Gasteiger partial charge in [0.15, 0.2) is 5.78 Å². The van der Waals surface area contributed by atoms with E-state index in [0.29, 0.717) is 6.54 Å². The van der Waals surface area contributed by atoms with Crippen LogP contribution in [0.25, 0.3) is 10.1 Å². The minimum Gasteiger partial charge on any atom is -0.330 e. The molecule has 0 saturated heterocycles. The molecule has 1 heterocycles. The second-order valence-corrected chi connectivity index (χ2v) is 4.56. The maximum Gasteiger partial charge on any atom is 0.168 e. The van der Waals surface area contributed by atoms with Crippen LogP contribution in [-0.2, 0) is 0 Å². The van der Waals surface area contributed by atoms with E-state index in [4.69, 9.17) is 5.73 Å². The van der Waals surface area contributed by atoms with Crippen molar-refractivity contribution in [3.05, 3.63) is 35.2 Å². The molecule has 3 heteroatoms. The van der Waals surface area contributed by atoms with Gasteiger partial charge in [0, 0.05) is 33.5 Å². The van der Waals surface area contributed by atoms with E-state index >= 15 is 0 Å². The first-order valence-electron chi connectivity index (χ1n) is 4.94. The zero-order valence-electron chi connectivity index (χ0n) is 8.57. The van der Waals surface area contributed by atoms with Crippen molar-refractivity contribution in [3.8, 4) is 0 Å². The van der Waals surface area contributed by atoms with Crippen molar-refractivity contribution in [2.45, 2.75) is 6.92 Å². The van der Waals surface area contributed by atoms with Crippen LogP contribution in [-0.4, -0.2) is 12.3 Å². The quantitative estimate of drug-likeness (QED) is 0.806. The predicted molar refractivity (Wildman–Crippen MR) is 64.4 cm³/mol. The monoisotopic (exact) mass is 219 g/mol. The number of Topliss-reactive ketones (excluding diaryl/α,β-unsaturated/α-hetero) is 1. The zero-order valence-corrected chi connectivity index (χ0v) is 9.38. The molecule has 2 aromatic rings. The highest BCUT2D eigenvalue weighted by Gasteiger charge is 2.16. The molecule has 0 saturated carbocycles. The van der Waals surface area contributed by atoms with Gasteiger partial charge in [-0.15, -0.1) is 11.3 Å². The van der Waals surface area contributed by atoms with Gasteiger partial charge in [-0.1, -0.05) is 25.1 Å². The summed E-state index contributed by atoms with van der Waals surface area (Å²) in [6, 6.07) is 7.96. The summed E-state index contributed by atoms with van der Waals surface area (Å²) in [7, 11) is 0. The first-order valence-corrected chi connectivity index (χ1v) is 5.82. The fourth-order valence-corrected chi connectivity index (χ4v) is 2.49. The summed E-state index contributed by atoms with van der Waals surface area (Å²) in [6.07, 6.45) is 0. The smallest absolute Gasteiger partial charge is 0.168 e. The van der Waals surface area contributed by atoms with Gasteiger partial charge in [-0.25, -0.2) is 0 Å². The first kappa shape index (κ1) is 10.3. The topological polar surface area (TPSA) is 43.1 Å². The molecule has 2 rings (SSSR count). The fourth-order valence-electron chi connectivity index (χ4n) is 1.54. The third-order valence-electron chi connectivity index (χ3n) is 2.55. The Morgan fingerprint density at radius 1 is 1.47 bits per heavy atom. The molecule has 0 aliphatic heterocycles. The van der Waals surface area contributed by atoms with Gasteiger partial charge in [-0.2, -0.15) is 0 Å². The van der Waals surface area contributed by atoms with Crippen molar-refractivity contribution in [2.75, 3.05) is 6.54 Å². The van der Waals surface area contributed by atoms with E-state index in [1.165, 1.54) is 0 Å². The summed E-state index contributed by atoms with van der Waals surface area (Å²) in [5, 5.41) is 2.98. The molecular weight excluding hydrogens is 206 g/mol. The molecule has 0 bridgehead atoms. The average Bonchev–Trinajstić information content (AvgIpc) is 2.70. The Hall–Kier alpha value is -1.19. The molecule has 1 aromatic heterocycles. The van der Waals surface area contributed by atoms with Gasteiger partial charge < -0.3 is 5.73 Å². The lowest BCUT2D eigenvalue weighted by molar-refractivity contribution is 0.0936. The minimum absolute atomic E-state index is 0.0944. The van der Waals surface area contributed by atoms with Crippen LogP contribution in [0.3, 0.4) is 0 Å². The SMILES string of the molecule is CC(CN)C(=O)c1csc2ccccc12. The summed E-state index contributed by atoms with van der Waals surface area (Å²) < 4.78 is 1.16.